The quantitative estimate of drug-likeness (QED) is 0.424. The second-order valence-corrected chi connectivity index (χ2v) is 8.85. The number of alkyl halides is 2. The summed E-state index contributed by atoms with van der Waals surface area (Å²) in [5, 5.41) is 4.37. The van der Waals surface area contributed by atoms with E-state index in [1.165, 1.54) is 18.2 Å². The number of hydrogen-bond donors (Lipinski definition) is 2. The molecule has 1 fully saturated rings. The van der Waals surface area contributed by atoms with Crippen LogP contribution in [0.5, 0.6) is 0 Å². The molecule has 8 radical (unpaired) electrons. The molecule has 0 aliphatic carbocycles. The summed E-state index contributed by atoms with van der Waals surface area (Å²) < 4.78 is 29.4. The smallest absolute Gasteiger partial charge is 0.349 e. The van der Waals surface area contributed by atoms with E-state index in [1.807, 2.05) is 5.32 Å². The highest BCUT2D eigenvalue weighted by molar-refractivity contribution is 6.52. The largest absolute Gasteiger partial charge is 0.352 e. The van der Waals surface area contributed by atoms with Gasteiger partial charge in [0.25, 0.3) is 11.8 Å². The Morgan fingerprint density at radius 1 is 1.17 bits per heavy atom. The van der Waals surface area contributed by atoms with Crippen molar-refractivity contribution in [2.75, 3.05) is 0 Å². The Hall–Kier alpha value is -3.07. The van der Waals surface area contributed by atoms with Gasteiger partial charge in [0.2, 0.25) is 11.8 Å². The van der Waals surface area contributed by atoms with E-state index in [2.05, 4.69) is 5.32 Å². The monoisotopic (exact) mass is 501 g/mol. The fourth-order valence-corrected chi connectivity index (χ4v) is 4.41. The van der Waals surface area contributed by atoms with Crippen molar-refractivity contribution in [2.45, 2.75) is 36.7 Å². The Balaban J connectivity index is 1.62. The zero-order valence-corrected chi connectivity index (χ0v) is 19.3. The third-order valence-electron chi connectivity index (χ3n) is 6.20. The third-order valence-corrected chi connectivity index (χ3v) is 6.45. The zero-order valence-electron chi connectivity index (χ0n) is 18.6. The predicted molar refractivity (Wildman–Crippen MR) is 130 cm³/mol. The normalized spacial score (nSPS) is 20.6. The molecule has 2 aliphatic heterocycles. The van der Waals surface area contributed by atoms with E-state index in [-0.39, 0.29) is 45.5 Å². The minimum atomic E-state index is -3.95. The van der Waals surface area contributed by atoms with E-state index in [0.717, 1.165) is 17.0 Å². The van der Waals surface area contributed by atoms with Crippen LogP contribution in [-0.2, 0) is 20.3 Å². The van der Waals surface area contributed by atoms with E-state index >= 15 is 0 Å². The molecular weight excluding hydrogens is 487 g/mol. The Morgan fingerprint density at radius 2 is 1.81 bits per heavy atom. The molecule has 2 heterocycles. The molecule has 7 nitrogen and oxygen atoms in total. The molecule has 0 saturated carbocycles. The van der Waals surface area contributed by atoms with Crippen LogP contribution in [0.2, 0.25) is 5.02 Å². The highest BCUT2D eigenvalue weighted by Crippen LogP contribution is 2.35. The van der Waals surface area contributed by atoms with Crippen LogP contribution < -0.4 is 21.6 Å². The Morgan fingerprint density at radius 3 is 2.42 bits per heavy atom. The summed E-state index contributed by atoms with van der Waals surface area (Å²) in [4.78, 5) is 50.4. The zero-order chi connectivity index (χ0) is 26.5. The summed E-state index contributed by atoms with van der Waals surface area (Å²) in [5.74, 6) is -10.2. The number of hydrogen-bond acceptors (Lipinski definition) is 4. The first-order valence-electron chi connectivity index (χ1n) is 10.7. The van der Waals surface area contributed by atoms with Gasteiger partial charge in [-0.2, -0.15) is 8.78 Å². The van der Waals surface area contributed by atoms with E-state index in [0.29, 0.717) is 0 Å². The molecule has 3 unspecified atom stereocenters. The summed E-state index contributed by atoms with van der Waals surface area (Å²) in [6, 6.07) is 4.68. The summed E-state index contributed by atoms with van der Waals surface area (Å²) in [6.07, 6.45) is 0.0561. The number of carbonyl (C=O) groups is 4. The highest BCUT2D eigenvalue weighted by atomic mass is 35.5. The molecule has 3 atom stereocenters. The molecule has 4 amide bonds. The Labute approximate surface area is 215 Å². The van der Waals surface area contributed by atoms with Crippen LogP contribution in [0.1, 0.15) is 51.8 Å². The topological polar surface area (TPSA) is 95.6 Å². The van der Waals surface area contributed by atoms with Crippen molar-refractivity contribution in [2.24, 2.45) is 0 Å². The van der Waals surface area contributed by atoms with E-state index < -0.39 is 53.0 Å². The van der Waals surface area contributed by atoms with Crippen LogP contribution in [0.3, 0.4) is 0 Å². The maximum Gasteiger partial charge on any atom is 0.349 e. The second kappa shape index (κ2) is 9.42. The van der Waals surface area contributed by atoms with Gasteiger partial charge in [-0.1, -0.05) is 40.7 Å². The molecule has 2 N–H and O–H groups in total. The van der Waals surface area contributed by atoms with Crippen molar-refractivity contribution >= 4 is 77.5 Å². The summed E-state index contributed by atoms with van der Waals surface area (Å²) in [5.41, 5.74) is -1.04. The summed E-state index contributed by atoms with van der Waals surface area (Å²) in [6.45, 7) is 0. The number of nitrogens with one attached hydrogen (secondary N) is 2. The number of rotatable bonds is 5. The maximum absolute atomic E-state index is 14.7. The molecule has 36 heavy (non-hydrogen) atoms. The van der Waals surface area contributed by atoms with Gasteiger partial charge in [-0.3, -0.25) is 24.5 Å². The maximum atomic E-state index is 14.7. The molecular formula is C22H14B4ClF2N3O4. The fourth-order valence-electron chi connectivity index (χ4n) is 4.28. The van der Waals surface area contributed by atoms with Crippen LogP contribution in [0.25, 0.3) is 0 Å². The van der Waals surface area contributed by atoms with E-state index in [4.69, 9.17) is 43.0 Å². The lowest BCUT2D eigenvalue weighted by molar-refractivity contribution is -0.147. The van der Waals surface area contributed by atoms with Crippen molar-refractivity contribution in [3.05, 3.63) is 57.6 Å². The van der Waals surface area contributed by atoms with Crippen LogP contribution in [0.4, 0.5) is 8.78 Å². The van der Waals surface area contributed by atoms with Crippen LogP contribution >= 0.6 is 11.6 Å². The lowest BCUT2D eigenvalue weighted by Crippen LogP contribution is -2.53. The number of nitrogens with zero attached hydrogens (tertiary/aromatic N) is 1. The number of fused-ring (bicyclic) bond motifs is 1. The van der Waals surface area contributed by atoms with Gasteiger partial charge >= 0.3 is 5.92 Å². The first-order chi connectivity index (χ1) is 16.8. The average Bonchev–Trinajstić information content (AvgIpc) is 3.06. The van der Waals surface area contributed by atoms with Crippen LogP contribution in [0, 0.1) is 0 Å². The van der Waals surface area contributed by atoms with Crippen molar-refractivity contribution in [1.29, 1.82) is 0 Å². The molecule has 0 spiro atoms. The Bertz CT molecular complexity index is 1300. The number of amides is 4. The minimum Gasteiger partial charge on any atom is -0.352 e. The number of halogens is 3. The number of carbonyl (C=O) groups excluding carboxylic acids is 4. The van der Waals surface area contributed by atoms with Gasteiger partial charge in [0.05, 0.1) is 0 Å². The summed E-state index contributed by atoms with van der Waals surface area (Å²) in [7, 11) is 24.4. The van der Waals surface area contributed by atoms with Gasteiger partial charge in [-0.25, -0.2) is 0 Å². The van der Waals surface area contributed by atoms with Crippen molar-refractivity contribution in [3.8, 4) is 0 Å². The van der Waals surface area contributed by atoms with E-state index in [9.17, 15) is 28.0 Å². The second-order valence-electron chi connectivity index (χ2n) is 8.41. The van der Waals surface area contributed by atoms with E-state index in [1.54, 1.807) is 0 Å². The first kappa shape index (κ1) is 26.0. The van der Waals surface area contributed by atoms with Gasteiger partial charge in [-0.15, -0.1) is 0 Å². The standard InChI is InChI=1S/C22H14B4ClF2N3O4/c23-15-11(17(25)31-21(36)22(28,29)8-1-3-9(27)4-2-8)7-10-14(16(15)24)20(35)32(18(10)26)12-5-6-13(33)30-19(12)34/h1-4,7,12,17-18H,5-6H2,(H,31,36)(H,30,33,34). The van der Waals surface area contributed by atoms with Gasteiger partial charge in [0.15, 0.2) is 0 Å². The van der Waals surface area contributed by atoms with Gasteiger partial charge in [-0.05, 0) is 29.7 Å². The van der Waals surface area contributed by atoms with Crippen LogP contribution in [-0.4, -0.2) is 66.0 Å². The molecule has 14 heteroatoms. The number of benzene rings is 2. The molecule has 1 saturated heterocycles. The lowest BCUT2D eigenvalue weighted by Gasteiger charge is -2.33. The van der Waals surface area contributed by atoms with Gasteiger partial charge in [0, 0.05) is 34.5 Å². The molecule has 174 valence electrons. The first-order valence-corrected chi connectivity index (χ1v) is 11.1. The van der Waals surface area contributed by atoms with Gasteiger partial charge < -0.3 is 10.2 Å². The number of piperidine rings is 1. The van der Waals surface area contributed by atoms with Crippen molar-refractivity contribution < 1.29 is 28.0 Å². The number of imide groups is 1. The summed E-state index contributed by atoms with van der Waals surface area (Å²) >= 11 is 5.71. The van der Waals surface area contributed by atoms with Crippen LogP contribution in [0.15, 0.2) is 30.3 Å². The van der Waals surface area contributed by atoms with Crippen molar-refractivity contribution in [3.63, 3.8) is 0 Å². The van der Waals surface area contributed by atoms with Gasteiger partial charge in [0.1, 0.15) is 37.4 Å². The molecule has 2 aliphatic rings. The highest BCUT2D eigenvalue weighted by Gasteiger charge is 2.44. The minimum absolute atomic E-state index is 0.00482. The SMILES string of the molecule is [B]c1c(C([B])NC(=O)C(F)(F)c2ccc(Cl)cc2)cc2c(c1[B])C(=O)N(C1CCC(=O)NC1=O)C2[B]. The molecule has 2 aromatic carbocycles. The predicted octanol–water partition coefficient (Wildman–Crippen LogP) is -0.569. The Kier molecular flexibility index (Phi) is 6.81. The molecule has 4 rings (SSSR count). The molecule has 0 aromatic heterocycles. The molecule has 0 bridgehead atoms. The van der Waals surface area contributed by atoms with Crippen molar-refractivity contribution in [1.82, 2.24) is 15.5 Å². The molecule has 2 aromatic rings. The lowest BCUT2D eigenvalue weighted by atomic mass is 9.68. The fraction of sp³-hybridized carbons (Fsp3) is 0.273. The average molecular weight is 501 g/mol. The third kappa shape index (κ3) is 4.34.